The van der Waals surface area contributed by atoms with Crippen molar-refractivity contribution in [3.05, 3.63) is 63.9 Å². The molecule has 94 valence electrons. The van der Waals surface area contributed by atoms with Crippen LogP contribution in [0.5, 0.6) is 0 Å². The Morgan fingerprint density at radius 2 is 1.89 bits per heavy atom. The molecule has 0 aliphatic carbocycles. The summed E-state index contributed by atoms with van der Waals surface area (Å²) in [6.07, 6.45) is 1.84. The molecule has 0 saturated heterocycles. The number of halogens is 1. The number of pyridine rings is 1. The number of rotatable bonds is 4. The maximum atomic E-state index is 4.49. The molecule has 0 fully saturated rings. The van der Waals surface area contributed by atoms with Gasteiger partial charge in [0.25, 0.3) is 0 Å². The lowest BCUT2D eigenvalue weighted by molar-refractivity contribution is 0.615. The molecule has 0 spiro atoms. The molecule has 0 saturated carbocycles. The summed E-state index contributed by atoms with van der Waals surface area (Å²) in [7, 11) is 0. The van der Waals surface area contributed by atoms with Crippen molar-refractivity contribution in [1.29, 1.82) is 0 Å². The summed E-state index contributed by atoms with van der Waals surface area (Å²) in [6, 6.07) is 12.8. The van der Waals surface area contributed by atoms with Crippen LogP contribution in [0, 0.1) is 6.92 Å². The van der Waals surface area contributed by atoms with Crippen molar-refractivity contribution in [3.8, 4) is 0 Å². The van der Waals surface area contributed by atoms with Gasteiger partial charge in [-0.3, -0.25) is 4.98 Å². The summed E-state index contributed by atoms with van der Waals surface area (Å²) >= 11 is 3.42. The quantitative estimate of drug-likeness (QED) is 0.928. The normalized spacial score (nSPS) is 12.4. The van der Waals surface area contributed by atoms with Crippen molar-refractivity contribution in [2.75, 3.05) is 6.54 Å². The van der Waals surface area contributed by atoms with Crippen LogP contribution in [0.3, 0.4) is 0 Å². The number of hydrogen-bond acceptors (Lipinski definition) is 2. The fourth-order valence-electron chi connectivity index (χ4n) is 1.91. The molecule has 2 nitrogen and oxygen atoms in total. The molecule has 1 heterocycles. The van der Waals surface area contributed by atoms with Crippen molar-refractivity contribution in [2.45, 2.75) is 19.9 Å². The Labute approximate surface area is 117 Å². The van der Waals surface area contributed by atoms with E-state index in [4.69, 9.17) is 0 Å². The smallest absolute Gasteiger partial charge is 0.0751 e. The van der Waals surface area contributed by atoms with Crippen LogP contribution in [0.4, 0.5) is 0 Å². The standard InChI is InChI=1S/C15H17BrN2/c1-3-17-15(12-6-4-11(2)5-7-12)14-9-8-13(16)10-18-14/h4-10,15,17H,3H2,1-2H3. The summed E-state index contributed by atoms with van der Waals surface area (Å²) in [4.78, 5) is 4.49. The zero-order chi connectivity index (χ0) is 13.0. The number of benzene rings is 1. The third-order valence-electron chi connectivity index (χ3n) is 2.86. The Morgan fingerprint density at radius 1 is 1.17 bits per heavy atom. The molecule has 0 aliphatic heterocycles. The van der Waals surface area contributed by atoms with Crippen LogP contribution in [0.2, 0.25) is 0 Å². The maximum Gasteiger partial charge on any atom is 0.0751 e. The van der Waals surface area contributed by atoms with Crippen LogP contribution < -0.4 is 5.32 Å². The van der Waals surface area contributed by atoms with Gasteiger partial charge in [-0.05, 0) is 47.1 Å². The first-order valence-electron chi connectivity index (χ1n) is 6.12. The Kier molecular flexibility index (Phi) is 4.50. The number of aromatic nitrogens is 1. The van der Waals surface area contributed by atoms with Crippen LogP contribution in [0.25, 0.3) is 0 Å². The second-order valence-electron chi connectivity index (χ2n) is 4.30. The number of hydrogen-bond donors (Lipinski definition) is 1. The van der Waals surface area contributed by atoms with Crippen molar-refractivity contribution < 1.29 is 0 Å². The van der Waals surface area contributed by atoms with E-state index in [9.17, 15) is 0 Å². The van der Waals surface area contributed by atoms with E-state index in [-0.39, 0.29) is 6.04 Å². The Balaban J connectivity index is 2.33. The largest absolute Gasteiger partial charge is 0.305 e. The van der Waals surface area contributed by atoms with E-state index in [0.29, 0.717) is 0 Å². The molecule has 0 bridgehead atoms. The van der Waals surface area contributed by atoms with Gasteiger partial charge >= 0.3 is 0 Å². The van der Waals surface area contributed by atoms with E-state index in [2.05, 4.69) is 70.4 Å². The van der Waals surface area contributed by atoms with E-state index in [1.807, 2.05) is 12.3 Å². The molecule has 0 amide bonds. The van der Waals surface area contributed by atoms with E-state index < -0.39 is 0 Å². The Bertz CT molecular complexity index is 445. The van der Waals surface area contributed by atoms with Crippen LogP contribution in [0.1, 0.15) is 29.8 Å². The molecule has 0 radical (unpaired) electrons. The minimum absolute atomic E-state index is 0.156. The third-order valence-corrected chi connectivity index (χ3v) is 3.33. The first-order valence-corrected chi connectivity index (χ1v) is 6.91. The zero-order valence-corrected chi connectivity index (χ0v) is 12.2. The maximum absolute atomic E-state index is 4.49. The van der Waals surface area contributed by atoms with Crippen LogP contribution in [-0.4, -0.2) is 11.5 Å². The minimum atomic E-state index is 0.156. The van der Waals surface area contributed by atoms with Gasteiger partial charge in [-0.15, -0.1) is 0 Å². The highest BCUT2D eigenvalue weighted by atomic mass is 79.9. The van der Waals surface area contributed by atoms with Gasteiger partial charge in [0, 0.05) is 10.7 Å². The predicted molar refractivity (Wildman–Crippen MR) is 78.6 cm³/mol. The first-order chi connectivity index (χ1) is 8.70. The lowest BCUT2D eigenvalue weighted by Gasteiger charge is -2.18. The molecule has 1 aromatic carbocycles. The molecule has 1 N–H and O–H groups in total. The second kappa shape index (κ2) is 6.12. The number of nitrogens with one attached hydrogen (secondary N) is 1. The van der Waals surface area contributed by atoms with Gasteiger partial charge in [-0.2, -0.15) is 0 Å². The highest BCUT2D eigenvalue weighted by Gasteiger charge is 2.13. The molecule has 0 aliphatic rings. The van der Waals surface area contributed by atoms with E-state index in [0.717, 1.165) is 16.7 Å². The predicted octanol–water partition coefficient (Wildman–Crippen LogP) is 3.85. The van der Waals surface area contributed by atoms with Gasteiger partial charge in [0.05, 0.1) is 11.7 Å². The third kappa shape index (κ3) is 3.18. The monoisotopic (exact) mass is 304 g/mol. The molecular weight excluding hydrogens is 288 g/mol. The first kappa shape index (κ1) is 13.2. The lowest BCUT2D eigenvalue weighted by Crippen LogP contribution is -2.22. The van der Waals surface area contributed by atoms with Gasteiger partial charge in [0.1, 0.15) is 0 Å². The van der Waals surface area contributed by atoms with Crippen LogP contribution in [0.15, 0.2) is 47.1 Å². The van der Waals surface area contributed by atoms with Crippen molar-refractivity contribution in [3.63, 3.8) is 0 Å². The molecule has 1 aromatic heterocycles. The topological polar surface area (TPSA) is 24.9 Å². The fraction of sp³-hybridized carbons (Fsp3) is 0.267. The average Bonchev–Trinajstić information content (AvgIpc) is 2.39. The molecule has 2 rings (SSSR count). The summed E-state index contributed by atoms with van der Waals surface area (Å²) < 4.78 is 1.01. The van der Waals surface area contributed by atoms with E-state index in [1.165, 1.54) is 11.1 Å². The highest BCUT2D eigenvalue weighted by molar-refractivity contribution is 9.10. The zero-order valence-electron chi connectivity index (χ0n) is 10.7. The summed E-state index contributed by atoms with van der Waals surface area (Å²) in [6.45, 7) is 5.13. The van der Waals surface area contributed by atoms with Gasteiger partial charge in [0.2, 0.25) is 0 Å². The van der Waals surface area contributed by atoms with Gasteiger partial charge < -0.3 is 5.32 Å². The Morgan fingerprint density at radius 3 is 2.44 bits per heavy atom. The van der Waals surface area contributed by atoms with Crippen LogP contribution in [-0.2, 0) is 0 Å². The molecule has 18 heavy (non-hydrogen) atoms. The van der Waals surface area contributed by atoms with Gasteiger partial charge in [-0.1, -0.05) is 36.8 Å². The molecule has 1 atom stereocenters. The van der Waals surface area contributed by atoms with Crippen LogP contribution >= 0.6 is 15.9 Å². The average molecular weight is 305 g/mol. The fourth-order valence-corrected chi connectivity index (χ4v) is 2.15. The SMILES string of the molecule is CCNC(c1ccc(C)cc1)c1ccc(Br)cn1. The minimum Gasteiger partial charge on any atom is -0.305 e. The molecule has 3 heteroatoms. The number of aryl methyl sites for hydroxylation is 1. The van der Waals surface area contributed by atoms with E-state index in [1.54, 1.807) is 0 Å². The summed E-state index contributed by atoms with van der Waals surface area (Å²) in [5, 5.41) is 3.48. The molecular formula is C15H17BrN2. The highest BCUT2D eigenvalue weighted by Crippen LogP contribution is 2.21. The second-order valence-corrected chi connectivity index (χ2v) is 5.22. The molecule has 1 unspecified atom stereocenters. The van der Waals surface area contributed by atoms with Crippen molar-refractivity contribution in [1.82, 2.24) is 10.3 Å². The molecule has 2 aromatic rings. The van der Waals surface area contributed by atoms with E-state index >= 15 is 0 Å². The van der Waals surface area contributed by atoms with Crippen molar-refractivity contribution >= 4 is 15.9 Å². The summed E-state index contributed by atoms with van der Waals surface area (Å²) in [5.74, 6) is 0. The summed E-state index contributed by atoms with van der Waals surface area (Å²) in [5.41, 5.74) is 3.57. The number of nitrogens with zero attached hydrogens (tertiary/aromatic N) is 1. The lowest BCUT2D eigenvalue weighted by atomic mass is 10.0. The van der Waals surface area contributed by atoms with Gasteiger partial charge in [0.15, 0.2) is 0 Å². The Hall–Kier alpha value is -1.19. The van der Waals surface area contributed by atoms with Crippen molar-refractivity contribution in [2.24, 2.45) is 0 Å². The van der Waals surface area contributed by atoms with Gasteiger partial charge in [-0.25, -0.2) is 0 Å².